The predicted octanol–water partition coefficient (Wildman–Crippen LogP) is -1.04. The van der Waals surface area contributed by atoms with Crippen LogP contribution in [0.2, 0.25) is 0 Å². The van der Waals surface area contributed by atoms with Crippen molar-refractivity contribution in [2.75, 3.05) is 59.5 Å². The van der Waals surface area contributed by atoms with E-state index in [9.17, 15) is 14.4 Å². The van der Waals surface area contributed by atoms with E-state index < -0.39 is 34.7 Å². The smallest absolute Gasteiger partial charge is 0.339 e. The summed E-state index contributed by atoms with van der Waals surface area (Å²) >= 11 is 0. The highest BCUT2D eigenvalue weighted by Gasteiger charge is 2.71. The molecule has 9 aliphatic heterocycles. The molecule has 15 nitrogen and oxygen atoms in total. The Morgan fingerprint density at radius 1 is 0.400 bits per heavy atom. The lowest BCUT2D eigenvalue weighted by Crippen LogP contribution is -2.52. The molecule has 0 spiro atoms. The highest BCUT2D eigenvalue weighted by Crippen LogP contribution is 2.49. The Balaban J connectivity index is 0.993. The van der Waals surface area contributed by atoms with Crippen molar-refractivity contribution in [2.24, 2.45) is 0 Å². The van der Waals surface area contributed by atoms with Crippen LogP contribution < -0.4 is 0 Å². The Labute approximate surface area is 255 Å². The van der Waals surface area contributed by atoms with E-state index >= 15 is 0 Å². The number of carbonyl (C=O) groups excluding carboxylic acids is 3. The minimum absolute atomic E-state index is 0.0556. The van der Waals surface area contributed by atoms with Crippen LogP contribution in [0.15, 0.2) is 18.2 Å². The van der Waals surface area contributed by atoms with Gasteiger partial charge in [0.25, 0.3) is 0 Å². The number of rotatable bonds is 15. The van der Waals surface area contributed by atoms with Crippen molar-refractivity contribution in [3.05, 3.63) is 34.9 Å². The third kappa shape index (κ3) is 4.63. The van der Waals surface area contributed by atoms with Crippen LogP contribution in [0.1, 0.15) is 31.1 Å². The number of benzene rings is 1. The molecule has 9 aliphatic rings. The molecule has 0 radical (unpaired) electrons. The molecule has 0 bridgehead atoms. The van der Waals surface area contributed by atoms with Gasteiger partial charge in [-0.05, 0) is 18.2 Å². The second-order valence-electron chi connectivity index (χ2n) is 12.9. The van der Waals surface area contributed by atoms with Crippen molar-refractivity contribution in [2.45, 2.75) is 71.7 Å². The quantitative estimate of drug-likeness (QED) is 0.130. The first-order valence-corrected chi connectivity index (χ1v) is 15.3. The zero-order valence-electron chi connectivity index (χ0n) is 23.9. The molecular formula is C30H30O15. The Kier molecular flexibility index (Phi) is 5.74. The molecule has 240 valence electrons. The summed E-state index contributed by atoms with van der Waals surface area (Å²) in [4.78, 5) is 41.6. The molecule has 0 aliphatic carbocycles. The molecule has 9 unspecified atom stereocenters. The van der Waals surface area contributed by atoms with E-state index in [1.807, 2.05) is 0 Å². The summed E-state index contributed by atoms with van der Waals surface area (Å²) in [7, 11) is 0. The molecule has 15 heteroatoms. The summed E-state index contributed by atoms with van der Waals surface area (Å²) in [6, 6.07) is 4.02. The summed E-state index contributed by atoms with van der Waals surface area (Å²) in [5.74, 6) is -2.33. The number of hydrogen-bond donors (Lipinski definition) is 0. The lowest BCUT2D eigenvalue weighted by molar-refractivity contribution is -0.0632. The largest absolute Gasteiger partial charge is 0.447 e. The summed E-state index contributed by atoms with van der Waals surface area (Å²) in [5, 5.41) is 0. The van der Waals surface area contributed by atoms with Crippen LogP contribution in [0.25, 0.3) is 0 Å². The maximum Gasteiger partial charge on any atom is 0.339 e. The van der Waals surface area contributed by atoms with E-state index in [1.165, 1.54) is 18.2 Å². The Morgan fingerprint density at radius 3 is 0.689 bits per heavy atom. The number of esters is 3. The van der Waals surface area contributed by atoms with Crippen LogP contribution in [0.3, 0.4) is 0 Å². The minimum Gasteiger partial charge on any atom is -0.447 e. The zero-order chi connectivity index (χ0) is 30.1. The van der Waals surface area contributed by atoms with Crippen LogP contribution in [0, 0.1) is 0 Å². The molecule has 0 aromatic heterocycles. The highest BCUT2D eigenvalue weighted by molar-refractivity contribution is 6.01. The molecule has 9 fully saturated rings. The van der Waals surface area contributed by atoms with Crippen molar-refractivity contribution in [3.8, 4) is 0 Å². The SMILES string of the molecule is O=C(OC(C1CO1)(C1CO1)C1CO1)c1cc(C(=O)OC(C2CO2)(C2CO2)C2CO2)cc(C(=O)OC(C2CO2)(C2CO2)C2CO2)c1. The third-order valence-electron chi connectivity index (χ3n) is 9.98. The van der Waals surface area contributed by atoms with E-state index in [-0.39, 0.29) is 71.6 Å². The fourth-order valence-corrected chi connectivity index (χ4v) is 6.87. The Hall–Kier alpha value is -2.73. The van der Waals surface area contributed by atoms with Gasteiger partial charge in [0.2, 0.25) is 0 Å². The monoisotopic (exact) mass is 630 g/mol. The second-order valence-corrected chi connectivity index (χ2v) is 12.9. The molecule has 10 rings (SSSR count). The lowest BCUT2D eigenvalue weighted by atomic mass is 9.91. The molecular weight excluding hydrogens is 600 g/mol. The second kappa shape index (κ2) is 9.42. The van der Waals surface area contributed by atoms with Crippen LogP contribution in [-0.2, 0) is 56.8 Å². The van der Waals surface area contributed by atoms with Gasteiger partial charge in [0.1, 0.15) is 54.9 Å². The molecule has 0 N–H and O–H groups in total. The molecule has 45 heavy (non-hydrogen) atoms. The first-order valence-electron chi connectivity index (χ1n) is 15.3. The molecule has 0 saturated carbocycles. The van der Waals surface area contributed by atoms with E-state index in [2.05, 4.69) is 0 Å². The van der Waals surface area contributed by atoms with E-state index in [0.717, 1.165) is 0 Å². The van der Waals surface area contributed by atoms with Crippen molar-refractivity contribution >= 4 is 17.9 Å². The van der Waals surface area contributed by atoms with E-state index in [4.69, 9.17) is 56.8 Å². The van der Waals surface area contributed by atoms with Crippen molar-refractivity contribution in [3.63, 3.8) is 0 Å². The maximum atomic E-state index is 13.9. The van der Waals surface area contributed by atoms with Crippen molar-refractivity contribution < 1.29 is 71.2 Å². The van der Waals surface area contributed by atoms with Crippen molar-refractivity contribution in [1.82, 2.24) is 0 Å². The average molecular weight is 631 g/mol. The topological polar surface area (TPSA) is 192 Å². The first-order chi connectivity index (χ1) is 21.9. The number of carbonyl (C=O) groups is 3. The van der Waals surface area contributed by atoms with Crippen LogP contribution >= 0.6 is 0 Å². The van der Waals surface area contributed by atoms with E-state index in [0.29, 0.717) is 59.5 Å². The van der Waals surface area contributed by atoms with Gasteiger partial charge < -0.3 is 56.8 Å². The van der Waals surface area contributed by atoms with Crippen LogP contribution in [0.4, 0.5) is 0 Å². The minimum atomic E-state index is -1.13. The molecule has 1 aromatic rings. The summed E-state index contributed by atoms with van der Waals surface area (Å²) in [5.41, 5.74) is -3.57. The van der Waals surface area contributed by atoms with Crippen molar-refractivity contribution in [1.29, 1.82) is 0 Å². The highest BCUT2D eigenvalue weighted by atomic mass is 16.7. The molecule has 0 amide bonds. The normalized spacial score (nSPS) is 41.2. The third-order valence-corrected chi connectivity index (χ3v) is 9.98. The van der Waals surface area contributed by atoms with Gasteiger partial charge >= 0.3 is 17.9 Å². The summed E-state index contributed by atoms with van der Waals surface area (Å²) in [6.45, 7) is 3.56. The fourth-order valence-electron chi connectivity index (χ4n) is 6.87. The zero-order valence-corrected chi connectivity index (χ0v) is 23.9. The predicted molar refractivity (Wildman–Crippen MR) is 139 cm³/mol. The van der Waals surface area contributed by atoms with Gasteiger partial charge in [-0.25, -0.2) is 14.4 Å². The van der Waals surface area contributed by atoms with Gasteiger partial charge in [-0.15, -0.1) is 0 Å². The molecule has 9 saturated heterocycles. The molecule has 9 heterocycles. The fraction of sp³-hybridized carbons (Fsp3) is 0.700. The molecule has 9 atom stereocenters. The Bertz CT molecular complexity index is 1160. The van der Waals surface area contributed by atoms with E-state index in [1.54, 1.807) is 0 Å². The van der Waals surface area contributed by atoms with Gasteiger partial charge in [0, 0.05) is 0 Å². The molecule has 1 aromatic carbocycles. The first kappa shape index (κ1) is 27.4. The number of ether oxygens (including phenoxy) is 12. The van der Waals surface area contributed by atoms with Crippen LogP contribution in [0.5, 0.6) is 0 Å². The Morgan fingerprint density at radius 2 is 0.556 bits per heavy atom. The number of hydrogen-bond acceptors (Lipinski definition) is 15. The van der Waals surface area contributed by atoms with Gasteiger partial charge in [-0.3, -0.25) is 0 Å². The maximum absolute atomic E-state index is 13.9. The lowest BCUT2D eigenvalue weighted by Gasteiger charge is -2.30. The average Bonchev–Trinajstić information content (AvgIpc) is 3.88. The van der Waals surface area contributed by atoms with Gasteiger partial charge in [-0.2, -0.15) is 0 Å². The van der Waals surface area contributed by atoms with Crippen LogP contribution in [-0.4, -0.2) is 149 Å². The van der Waals surface area contributed by atoms with Gasteiger partial charge in [0.05, 0.1) is 76.2 Å². The van der Waals surface area contributed by atoms with Gasteiger partial charge in [-0.1, -0.05) is 0 Å². The van der Waals surface area contributed by atoms with Gasteiger partial charge in [0.15, 0.2) is 16.8 Å². The number of epoxide rings is 9. The summed E-state index contributed by atoms with van der Waals surface area (Å²) in [6.07, 6.45) is -3.45. The summed E-state index contributed by atoms with van der Waals surface area (Å²) < 4.78 is 68.4. The standard InChI is InChI=1S/C30H30O15/c31-25(43-28(16-4-34-16,17-5-35-17)18-6-36-18)13-1-14(26(32)44-29(19-7-37-19,20-8-38-20)21-9-39-21)3-15(2-13)27(33)45-30(22-10-40-22,23-11-41-23)24-12-42-24/h1-3,16-24H,4-12H2.